The lowest BCUT2D eigenvalue weighted by Crippen LogP contribution is -2.18. The molecule has 82 valence electrons. The molecule has 2 rings (SSSR count). The van der Waals surface area contributed by atoms with E-state index in [9.17, 15) is 0 Å². The van der Waals surface area contributed by atoms with Crippen molar-refractivity contribution < 1.29 is 6.11 Å². The average molecular weight is 241 g/mol. The topological polar surface area (TPSA) is 9.23 Å². The quantitative estimate of drug-likeness (QED) is 0.801. The highest BCUT2D eigenvalue weighted by Crippen LogP contribution is 2.25. The third-order valence-electron chi connectivity index (χ3n) is 2.27. The van der Waals surface area contributed by atoms with Gasteiger partial charge in [-0.2, -0.15) is 23.5 Å². The van der Waals surface area contributed by atoms with Gasteiger partial charge in [-0.3, -0.25) is 0 Å². The molecule has 1 aromatic carbocycles. The minimum atomic E-state index is 0.0189. The standard InChI is InChI=1S/C12H16OS2/c1-2-4-11(5-3-1)6-13-7-12-8-14-10-15-9-12/h1-5,12H,6-10H2/i10D. The molecular weight excluding hydrogens is 224 g/mol. The summed E-state index contributed by atoms with van der Waals surface area (Å²) in [7, 11) is 0. The highest BCUT2D eigenvalue weighted by Gasteiger charge is 2.13. The summed E-state index contributed by atoms with van der Waals surface area (Å²) in [5.74, 6) is 2.74. The molecule has 1 aromatic rings. The maximum absolute atomic E-state index is 7.56. The lowest BCUT2D eigenvalue weighted by Gasteiger charge is -2.20. The van der Waals surface area contributed by atoms with Gasteiger partial charge in [-0.25, -0.2) is 0 Å². The van der Waals surface area contributed by atoms with Gasteiger partial charge in [0.05, 0.1) is 13.2 Å². The molecule has 0 aromatic heterocycles. The van der Waals surface area contributed by atoms with Crippen LogP contribution >= 0.6 is 23.5 Å². The zero-order chi connectivity index (χ0) is 11.2. The Balaban J connectivity index is 1.65. The van der Waals surface area contributed by atoms with Crippen LogP contribution in [0.15, 0.2) is 30.3 Å². The monoisotopic (exact) mass is 241 g/mol. The second-order valence-electron chi connectivity index (χ2n) is 3.63. The van der Waals surface area contributed by atoms with Crippen molar-refractivity contribution in [2.75, 3.05) is 23.2 Å². The van der Waals surface area contributed by atoms with Crippen molar-refractivity contribution in [3.8, 4) is 0 Å². The van der Waals surface area contributed by atoms with Gasteiger partial charge >= 0.3 is 0 Å². The number of hydrogen-bond donors (Lipinski definition) is 0. The summed E-state index contributed by atoms with van der Waals surface area (Å²) in [6.07, 6.45) is 0. The van der Waals surface area contributed by atoms with Gasteiger partial charge in [0.25, 0.3) is 0 Å². The van der Waals surface area contributed by atoms with Crippen LogP contribution in [-0.4, -0.2) is 23.2 Å². The fourth-order valence-electron chi connectivity index (χ4n) is 1.46. The number of hydrogen-bond acceptors (Lipinski definition) is 3. The van der Waals surface area contributed by atoms with Crippen molar-refractivity contribution in [1.82, 2.24) is 0 Å². The van der Waals surface area contributed by atoms with E-state index in [1.165, 1.54) is 5.56 Å². The van der Waals surface area contributed by atoms with E-state index in [4.69, 9.17) is 6.11 Å². The Morgan fingerprint density at radius 3 is 2.73 bits per heavy atom. The minimum Gasteiger partial charge on any atom is -0.376 e. The Bertz CT molecular complexity index is 299. The van der Waals surface area contributed by atoms with E-state index in [1.54, 1.807) is 23.5 Å². The lowest BCUT2D eigenvalue weighted by atomic mass is 10.2. The van der Waals surface area contributed by atoms with E-state index < -0.39 is 0 Å². The summed E-state index contributed by atoms with van der Waals surface area (Å²) in [5, 5.41) is 0.0189. The molecule has 1 fully saturated rings. The first kappa shape index (κ1) is 10.1. The molecule has 1 nitrogen and oxygen atoms in total. The van der Waals surface area contributed by atoms with Crippen molar-refractivity contribution in [3.05, 3.63) is 35.9 Å². The third-order valence-corrected chi connectivity index (χ3v) is 4.68. The molecule has 15 heavy (non-hydrogen) atoms. The van der Waals surface area contributed by atoms with Crippen LogP contribution in [0.2, 0.25) is 0 Å². The molecule has 1 aliphatic rings. The van der Waals surface area contributed by atoms with Crippen LogP contribution in [0.1, 0.15) is 6.93 Å². The van der Waals surface area contributed by atoms with Gasteiger partial charge in [0, 0.05) is 12.3 Å². The van der Waals surface area contributed by atoms with Crippen LogP contribution in [0.5, 0.6) is 0 Å². The van der Waals surface area contributed by atoms with Gasteiger partial charge < -0.3 is 4.74 Å². The van der Waals surface area contributed by atoms with Gasteiger partial charge in [0.15, 0.2) is 0 Å². The van der Waals surface area contributed by atoms with Gasteiger partial charge in [-0.15, -0.1) is 0 Å². The van der Waals surface area contributed by atoms with Crippen molar-refractivity contribution in [2.24, 2.45) is 5.92 Å². The smallest absolute Gasteiger partial charge is 0.0717 e. The van der Waals surface area contributed by atoms with Crippen LogP contribution in [0.25, 0.3) is 0 Å². The molecule has 1 heterocycles. The first-order valence-electron chi connectivity index (χ1n) is 5.69. The summed E-state index contributed by atoms with van der Waals surface area (Å²) in [6, 6.07) is 10.3. The second kappa shape index (κ2) is 6.46. The fraction of sp³-hybridized carbons (Fsp3) is 0.500. The van der Waals surface area contributed by atoms with Crippen LogP contribution in [0.4, 0.5) is 0 Å². The largest absolute Gasteiger partial charge is 0.376 e. The summed E-state index contributed by atoms with van der Waals surface area (Å²) >= 11 is 3.44. The Hall–Kier alpha value is -0.120. The fourth-order valence-corrected chi connectivity index (χ4v) is 3.60. The summed E-state index contributed by atoms with van der Waals surface area (Å²) in [6.45, 7) is 1.53. The number of ether oxygens (including phenoxy) is 1. The molecule has 1 saturated heterocycles. The van der Waals surface area contributed by atoms with Crippen LogP contribution in [-0.2, 0) is 11.3 Å². The first-order valence-corrected chi connectivity index (χ1v) is 7.21. The first-order chi connectivity index (χ1) is 7.84. The SMILES string of the molecule is [2H]C1SCC(COCc2ccccc2)CS1. The van der Waals surface area contributed by atoms with Crippen molar-refractivity contribution >= 4 is 23.5 Å². The Morgan fingerprint density at radius 2 is 2.00 bits per heavy atom. The maximum Gasteiger partial charge on any atom is 0.0717 e. The average Bonchev–Trinajstić information content (AvgIpc) is 2.33. The summed E-state index contributed by atoms with van der Waals surface area (Å²) in [4.78, 5) is 0. The molecule has 0 saturated carbocycles. The molecule has 0 unspecified atom stereocenters. The number of rotatable bonds is 4. The number of thioether (sulfide) groups is 2. The highest BCUT2D eigenvalue weighted by atomic mass is 32.2. The van der Waals surface area contributed by atoms with E-state index in [0.29, 0.717) is 12.5 Å². The zero-order valence-electron chi connectivity index (χ0n) is 9.59. The molecule has 0 bridgehead atoms. The van der Waals surface area contributed by atoms with Gasteiger partial charge in [0.1, 0.15) is 0 Å². The molecule has 0 radical (unpaired) electrons. The normalized spacial score (nSPS) is 27.3. The predicted octanol–water partition coefficient (Wildman–Crippen LogP) is 3.26. The maximum atomic E-state index is 7.56. The molecule has 0 aliphatic carbocycles. The van der Waals surface area contributed by atoms with E-state index in [2.05, 4.69) is 12.1 Å². The molecule has 1 aliphatic heterocycles. The summed E-state index contributed by atoms with van der Waals surface area (Å²) in [5.41, 5.74) is 1.23. The third kappa shape index (κ3) is 4.09. The molecular formula is C12H16OS2. The zero-order valence-corrected chi connectivity index (χ0v) is 10.2. The number of benzene rings is 1. The van der Waals surface area contributed by atoms with Crippen LogP contribution in [0.3, 0.4) is 0 Å². The molecule has 0 amide bonds. The predicted molar refractivity (Wildman–Crippen MR) is 69.4 cm³/mol. The van der Waals surface area contributed by atoms with Crippen molar-refractivity contribution in [1.29, 1.82) is 0 Å². The van der Waals surface area contributed by atoms with E-state index >= 15 is 0 Å². The molecule has 0 spiro atoms. The van der Waals surface area contributed by atoms with Crippen LogP contribution in [0, 0.1) is 5.92 Å². The lowest BCUT2D eigenvalue weighted by molar-refractivity contribution is 0.0993. The van der Waals surface area contributed by atoms with E-state index in [0.717, 1.165) is 18.1 Å². The molecule has 0 N–H and O–H groups in total. The van der Waals surface area contributed by atoms with Gasteiger partial charge in [-0.1, -0.05) is 30.3 Å². The van der Waals surface area contributed by atoms with E-state index in [1.807, 2.05) is 18.2 Å². The highest BCUT2D eigenvalue weighted by molar-refractivity contribution is 8.16. The Labute approximate surface area is 101 Å². The summed E-state index contributed by atoms with van der Waals surface area (Å²) < 4.78 is 13.3. The second-order valence-corrected chi connectivity index (χ2v) is 5.73. The minimum absolute atomic E-state index is 0.0189. The van der Waals surface area contributed by atoms with Gasteiger partial charge in [0.2, 0.25) is 0 Å². The van der Waals surface area contributed by atoms with Crippen LogP contribution < -0.4 is 0 Å². The van der Waals surface area contributed by atoms with Crippen molar-refractivity contribution in [2.45, 2.75) is 6.61 Å². The molecule has 3 heteroatoms. The molecule has 0 atom stereocenters. The van der Waals surface area contributed by atoms with Gasteiger partial charge in [-0.05, 0) is 17.1 Å². The van der Waals surface area contributed by atoms with E-state index in [-0.39, 0.29) is 5.06 Å². The Kier molecular flexibility index (Phi) is 4.33. The Morgan fingerprint density at radius 1 is 1.27 bits per heavy atom. The van der Waals surface area contributed by atoms with Crippen molar-refractivity contribution in [3.63, 3.8) is 0 Å².